The monoisotopic (exact) mass is 237 g/mol. The van der Waals surface area contributed by atoms with Gasteiger partial charge in [0.2, 0.25) is 5.95 Å². The molecule has 0 amide bonds. The molecule has 0 aromatic carbocycles. The number of nitrogens with zero attached hydrogens (tertiary/aromatic N) is 5. The van der Waals surface area contributed by atoms with Crippen LogP contribution in [0.2, 0.25) is 0 Å². The van der Waals surface area contributed by atoms with Gasteiger partial charge in [-0.15, -0.1) is 4.98 Å². The van der Waals surface area contributed by atoms with E-state index in [1.54, 1.807) is 0 Å². The zero-order chi connectivity index (χ0) is 12.7. The minimum absolute atomic E-state index is 0.197. The van der Waals surface area contributed by atoms with E-state index in [1.807, 2.05) is 11.8 Å². The highest BCUT2D eigenvalue weighted by Crippen LogP contribution is 2.15. The van der Waals surface area contributed by atoms with E-state index in [2.05, 4.69) is 21.0 Å². The number of anilines is 1. The Bertz CT molecular complexity index is 382. The summed E-state index contributed by atoms with van der Waals surface area (Å²) in [6, 6.07) is 2.48. The maximum atomic E-state index is 8.58. The van der Waals surface area contributed by atoms with Crippen molar-refractivity contribution in [2.24, 2.45) is 0 Å². The molecule has 0 atom stereocenters. The third kappa shape index (κ3) is 3.45. The molecule has 0 saturated carbocycles. The molecule has 1 heterocycles. The van der Waals surface area contributed by atoms with Crippen LogP contribution in [0.3, 0.4) is 0 Å². The topological polar surface area (TPSA) is 84.2 Å². The van der Waals surface area contributed by atoms with Crippen LogP contribution in [0.4, 0.5) is 5.95 Å². The van der Waals surface area contributed by atoms with Crippen LogP contribution in [0.15, 0.2) is 0 Å². The average Bonchev–Trinajstić information content (AvgIpc) is 2.39. The molecule has 0 saturated heterocycles. The molecule has 0 fully saturated rings. The molecule has 1 rings (SSSR count). The van der Waals surface area contributed by atoms with Crippen molar-refractivity contribution in [2.45, 2.75) is 13.3 Å². The summed E-state index contributed by atoms with van der Waals surface area (Å²) in [6.45, 7) is 3.21. The van der Waals surface area contributed by atoms with Crippen molar-refractivity contribution in [3.8, 4) is 18.1 Å². The van der Waals surface area contributed by atoms with E-state index in [-0.39, 0.29) is 12.0 Å². The van der Waals surface area contributed by atoms with Gasteiger partial charge in [-0.25, -0.2) is 0 Å². The smallest absolute Gasteiger partial charge is 0.324 e. The normalized spacial score (nSPS) is 9.53. The second-order valence-corrected chi connectivity index (χ2v) is 3.10. The van der Waals surface area contributed by atoms with Crippen molar-refractivity contribution in [3.05, 3.63) is 0 Å². The first-order valence-corrected chi connectivity index (χ1v) is 5.21. The Kier molecular flexibility index (Phi) is 4.94. The standard InChI is InChI=1S/C10H15N5O2/c1-4-15(7-5-6-11)8-12-9(16-2)14-10(13-8)17-3/h4-5,7H2,1-3H3. The zero-order valence-electron chi connectivity index (χ0n) is 10.2. The molecule has 0 bridgehead atoms. The third-order valence-electron chi connectivity index (χ3n) is 2.11. The highest BCUT2D eigenvalue weighted by Gasteiger charge is 2.12. The molecule has 17 heavy (non-hydrogen) atoms. The van der Waals surface area contributed by atoms with E-state index in [0.29, 0.717) is 25.5 Å². The van der Waals surface area contributed by atoms with Gasteiger partial charge in [-0.05, 0) is 6.92 Å². The van der Waals surface area contributed by atoms with Crippen LogP contribution >= 0.6 is 0 Å². The average molecular weight is 237 g/mol. The summed E-state index contributed by atoms with van der Waals surface area (Å²) >= 11 is 0. The molecule has 1 aromatic rings. The lowest BCUT2D eigenvalue weighted by molar-refractivity contribution is 0.340. The number of aromatic nitrogens is 3. The molecule has 1 aromatic heterocycles. The van der Waals surface area contributed by atoms with Gasteiger partial charge in [-0.1, -0.05) is 0 Å². The Balaban J connectivity index is 2.97. The zero-order valence-corrected chi connectivity index (χ0v) is 10.2. The van der Waals surface area contributed by atoms with Crippen LogP contribution in [-0.2, 0) is 0 Å². The van der Waals surface area contributed by atoms with Crippen molar-refractivity contribution in [1.29, 1.82) is 5.26 Å². The molecule has 0 aliphatic rings. The number of hydrogen-bond donors (Lipinski definition) is 0. The minimum atomic E-state index is 0.197. The SMILES string of the molecule is CCN(CCC#N)c1nc(OC)nc(OC)n1. The van der Waals surface area contributed by atoms with Gasteiger partial charge in [0.1, 0.15) is 0 Å². The predicted molar refractivity (Wildman–Crippen MR) is 61.0 cm³/mol. The molecule has 92 valence electrons. The Labute approximate surface area is 100 Å². The molecule has 0 unspecified atom stereocenters. The molecule has 0 radical (unpaired) electrons. The van der Waals surface area contributed by atoms with E-state index < -0.39 is 0 Å². The summed E-state index contributed by atoms with van der Waals surface area (Å²) in [5, 5.41) is 8.58. The Hall–Kier alpha value is -2.10. The fourth-order valence-electron chi connectivity index (χ4n) is 1.24. The molecule has 0 aliphatic carbocycles. The fourth-order valence-corrected chi connectivity index (χ4v) is 1.24. The lowest BCUT2D eigenvalue weighted by Gasteiger charge is -2.19. The van der Waals surface area contributed by atoms with E-state index in [1.165, 1.54) is 14.2 Å². The van der Waals surface area contributed by atoms with Crippen LogP contribution in [0.5, 0.6) is 12.0 Å². The maximum Gasteiger partial charge on any atom is 0.324 e. The van der Waals surface area contributed by atoms with Gasteiger partial charge >= 0.3 is 12.0 Å². The van der Waals surface area contributed by atoms with E-state index in [9.17, 15) is 0 Å². The first-order chi connectivity index (χ1) is 8.24. The second kappa shape index (κ2) is 6.48. The van der Waals surface area contributed by atoms with Gasteiger partial charge in [0, 0.05) is 13.1 Å². The van der Waals surface area contributed by atoms with Crippen molar-refractivity contribution in [2.75, 3.05) is 32.2 Å². The van der Waals surface area contributed by atoms with Crippen LogP contribution in [0.1, 0.15) is 13.3 Å². The number of nitriles is 1. The van der Waals surface area contributed by atoms with Crippen LogP contribution in [0.25, 0.3) is 0 Å². The number of ether oxygens (including phenoxy) is 2. The van der Waals surface area contributed by atoms with Crippen LogP contribution < -0.4 is 14.4 Å². The van der Waals surface area contributed by atoms with Crippen molar-refractivity contribution in [1.82, 2.24) is 15.0 Å². The second-order valence-electron chi connectivity index (χ2n) is 3.10. The van der Waals surface area contributed by atoms with Gasteiger partial charge < -0.3 is 14.4 Å². The van der Waals surface area contributed by atoms with Crippen molar-refractivity contribution in [3.63, 3.8) is 0 Å². The number of methoxy groups -OCH3 is 2. The summed E-state index contributed by atoms with van der Waals surface area (Å²) in [7, 11) is 2.95. The third-order valence-corrected chi connectivity index (χ3v) is 2.11. The van der Waals surface area contributed by atoms with Gasteiger partial charge in [0.15, 0.2) is 0 Å². The molecule has 0 spiro atoms. The molecular weight excluding hydrogens is 222 g/mol. The quantitative estimate of drug-likeness (QED) is 0.717. The Morgan fingerprint density at radius 2 is 1.76 bits per heavy atom. The highest BCUT2D eigenvalue weighted by atomic mass is 16.5. The summed E-state index contributed by atoms with van der Waals surface area (Å²) in [4.78, 5) is 14.0. The lowest BCUT2D eigenvalue weighted by Crippen LogP contribution is -2.26. The molecule has 7 heteroatoms. The van der Waals surface area contributed by atoms with E-state index in [0.717, 1.165) is 0 Å². The predicted octanol–water partition coefficient (Wildman–Crippen LogP) is 0.629. The Morgan fingerprint density at radius 1 is 1.18 bits per heavy atom. The van der Waals surface area contributed by atoms with E-state index in [4.69, 9.17) is 14.7 Å². The van der Waals surface area contributed by atoms with Gasteiger partial charge in [-0.3, -0.25) is 0 Å². The molecule has 0 aliphatic heterocycles. The van der Waals surface area contributed by atoms with Gasteiger partial charge in [-0.2, -0.15) is 15.2 Å². The Morgan fingerprint density at radius 3 is 2.18 bits per heavy atom. The van der Waals surface area contributed by atoms with Gasteiger partial charge in [0.25, 0.3) is 0 Å². The van der Waals surface area contributed by atoms with Gasteiger partial charge in [0.05, 0.1) is 26.7 Å². The van der Waals surface area contributed by atoms with Crippen LogP contribution in [-0.4, -0.2) is 42.3 Å². The summed E-state index contributed by atoms with van der Waals surface area (Å²) in [6.07, 6.45) is 0.407. The lowest BCUT2D eigenvalue weighted by atomic mass is 10.4. The molecule has 0 N–H and O–H groups in total. The van der Waals surface area contributed by atoms with Crippen molar-refractivity contribution >= 4 is 5.95 Å². The molecule has 7 nitrogen and oxygen atoms in total. The first-order valence-electron chi connectivity index (χ1n) is 5.21. The summed E-state index contributed by atoms with van der Waals surface area (Å²) in [5.74, 6) is 0.450. The van der Waals surface area contributed by atoms with Crippen molar-refractivity contribution < 1.29 is 9.47 Å². The summed E-state index contributed by atoms with van der Waals surface area (Å²) in [5.41, 5.74) is 0. The maximum absolute atomic E-state index is 8.58. The number of hydrogen-bond acceptors (Lipinski definition) is 7. The highest BCUT2D eigenvalue weighted by molar-refractivity contribution is 5.32. The first kappa shape index (κ1) is 13.0. The molecular formula is C10H15N5O2. The summed E-state index contributed by atoms with van der Waals surface area (Å²) < 4.78 is 9.93. The minimum Gasteiger partial charge on any atom is -0.467 e. The fraction of sp³-hybridized carbons (Fsp3) is 0.600. The largest absolute Gasteiger partial charge is 0.467 e. The number of rotatable bonds is 6. The van der Waals surface area contributed by atoms with E-state index >= 15 is 0 Å². The van der Waals surface area contributed by atoms with Crippen LogP contribution in [0, 0.1) is 11.3 Å².